The van der Waals surface area contributed by atoms with Crippen LogP contribution in [0, 0.1) is 11.3 Å². The third-order valence-corrected chi connectivity index (χ3v) is 3.10. The Morgan fingerprint density at radius 1 is 1.29 bits per heavy atom. The third kappa shape index (κ3) is 10.0. The highest BCUT2D eigenvalue weighted by Gasteiger charge is 2.19. The van der Waals surface area contributed by atoms with Crippen LogP contribution in [-0.4, -0.2) is 14.4 Å². The van der Waals surface area contributed by atoms with Gasteiger partial charge >= 0.3 is 0 Å². The van der Waals surface area contributed by atoms with Crippen LogP contribution in [0.4, 0.5) is 0 Å². The van der Waals surface area contributed by atoms with Gasteiger partial charge in [-0.3, -0.25) is 0 Å². The molecule has 0 aromatic rings. The molecule has 0 bridgehead atoms. The van der Waals surface area contributed by atoms with E-state index in [4.69, 9.17) is 9.69 Å². The number of rotatable bonds is 6. The molecule has 2 nitrogen and oxygen atoms in total. The Labute approximate surface area is 107 Å². The van der Waals surface area contributed by atoms with Gasteiger partial charge in [0, 0.05) is 0 Å². The van der Waals surface area contributed by atoms with Gasteiger partial charge in [0.2, 0.25) is 0 Å². The molecule has 1 atom stereocenters. The summed E-state index contributed by atoms with van der Waals surface area (Å²) in [4.78, 5) is 0. The summed E-state index contributed by atoms with van der Waals surface area (Å²) >= 11 is 0. The smallest absolute Gasteiger partial charge is 0.185 e. The number of nitrogens with zero attached hydrogens (tertiary/aromatic N) is 1. The zero-order chi connectivity index (χ0) is 13.5. The Hall–Kier alpha value is -0.853. The topological polar surface area (TPSA) is 33.0 Å². The highest BCUT2D eigenvalue weighted by molar-refractivity contribution is 6.69. The Kier molecular flexibility index (Phi) is 7.09. The van der Waals surface area contributed by atoms with Crippen LogP contribution in [0.5, 0.6) is 0 Å². The summed E-state index contributed by atoms with van der Waals surface area (Å²) in [5.41, 5.74) is 2.57. The fourth-order valence-electron chi connectivity index (χ4n) is 1.41. The molecule has 0 aromatic heterocycles. The predicted octanol–water partition coefficient (Wildman–Crippen LogP) is 4.42. The minimum atomic E-state index is -1.64. The molecule has 17 heavy (non-hydrogen) atoms. The van der Waals surface area contributed by atoms with Gasteiger partial charge < -0.3 is 4.43 Å². The summed E-state index contributed by atoms with van der Waals surface area (Å²) in [7, 11) is -1.64. The Morgan fingerprint density at radius 2 is 1.88 bits per heavy atom. The van der Waals surface area contributed by atoms with Gasteiger partial charge in [-0.2, -0.15) is 5.26 Å². The first-order valence-electron chi connectivity index (χ1n) is 6.12. The normalized spacial score (nSPS) is 14.1. The van der Waals surface area contributed by atoms with Crippen molar-refractivity contribution in [3.63, 3.8) is 0 Å². The fraction of sp³-hybridized carbons (Fsp3) is 0.643. The third-order valence-electron chi connectivity index (χ3n) is 2.13. The second-order valence-electron chi connectivity index (χ2n) is 5.61. The first-order chi connectivity index (χ1) is 7.74. The first-order valence-corrected chi connectivity index (χ1v) is 9.53. The highest BCUT2D eigenvalue weighted by atomic mass is 28.4. The molecule has 96 valence electrons. The van der Waals surface area contributed by atoms with Crippen LogP contribution in [0.15, 0.2) is 23.3 Å². The van der Waals surface area contributed by atoms with Crippen LogP contribution in [0.1, 0.15) is 33.6 Å². The summed E-state index contributed by atoms with van der Waals surface area (Å²) in [5, 5.41) is 9.04. The van der Waals surface area contributed by atoms with Gasteiger partial charge in [0.15, 0.2) is 14.4 Å². The number of allylic oxidation sites excluding steroid dienone is 3. The van der Waals surface area contributed by atoms with Gasteiger partial charge in [-0.05, 0) is 59.3 Å². The van der Waals surface area contributed by atoms with Crippen LogP contribution in [0.3, 0.4) is 0 Å². The van der Waals surface area contributed by atoms with Crippen LogP contribution in [0.25, 0.3) is 0 Å². The van der Waals surface area contributed by atoms with E-state index in [1.54, 1.807) is 0 Å². The summed E-state index contributed by atoms with van der Waals surface area (Å²) in [5.74, 6) is 0. The molecule has 0 fully saturated rings. The maximum Gasteiger partial charge on any atom is 0.185 e. The van der Waals surface area contributed by atoms with Gasteiger partial charge in [0.25, 0.3) is 0 Å². The average Bonchev–Trinajstić information content (AvgIpc) is 2.13. The van der Waals surface area contributed by atoms with Gasteiger partial charge in [0.05, 0.1) is 6.07 Å². The van der Waals surface area contributed by atoms with E-state index in [-0.39, 0.29) is 6.10 Å². The van der Waals surface area contributed by atoms with Crippen molar-refractivity contribution in [3.8, 4) is 6.07 Å². The Morgan fingerprint density at radius 3 is 2.29 bits per heavy atom. The molecule has 0 saturated heterocycles. The fourth-order valence-corrected chi connectivity index (χ4v) is 2.29. The van der Waals surface area contributed by atoms with Gasteiger partial charge in [0.1, 0.15) is 0 Å². The molecular formula is C14H25NOSi. The van der Waals surface area contributed by atoms with E-state index in [1.807, 2.05) is 6.08 Å². The molecule has 0 aliphatic carbocycles. The maximum atomic E-state index is 9.04. The molecule has 1 unspecified atom stereocenters. The van der Waals surface area contributed by atoms with Crippen molar-refractivity contribution in [2.75, 3.05) is 0 Å². The monoisotopic (exact) mass is 251 g/mol. The van der Waals surface area contributed by atoms with E-state index in [9.17, 15) is 0 Å². The summed E-state index contributed by atoms with van der Waals surface area (Å²) in [6.07, 6.45) is 5.83. The highest BCUT2D eigenvalue weighted by Crippen LogP contribution is 2.12. The molecule has 0 aliphatic heterocycles. The second kappa shape index (κ2) is 7.47. The van der Waals surface area contributed by atoms with Crippen molar-refractivity contribution < 1.29 is 4.43 Å². The zero-order valence-electron chi connectivity index (χ0n) is 12.0. The largest absolute Gasteiger partial charge is 0.399 e. The molecule has 0 amide bonds. The standard InChI is InChI=1S/C14H25NOSi/c1-12(2)8-7-9-13(3)10-14(11-15)16-17(4,5)6/h8,10,14H,7,9H2,1-6H3. The molecule has 0 rings (SSSR count). The lowest BCUT2D eigenvalue weighted by atomic mass is 10.1. The summed E-state index contributed by atoms with van der Waals surface area (Å²) < 4.78 is 5.77. The lowest BCUT2D eigenvalue weighted by Crippen LogP contribution is -2.30. The quantitative estimate of drug-likeness (QED) is 0.517. The molecule has 0 aliphatic rings. The van der Waals surface area contributed by atoms with Crippen molar-refractivity contribution in [3.05, 3.63) is 23.3 Å². The minimum Gasteiger partial charge on any atom is -0.399 e. The molecule has 0 saturated carbocycles. The van der Waals surface area contributed by atoms with E-state index in [0.717, 1.165) is 12.8 Å². The molecule has 0 radical (unpaired) electrons. The molecule has 0 heterocycles. The number of nitriles is 1. The van der Waals surface area contributed by atoms with E-state index in [1.165, 1.54) is 11.1 Å². The summed E-state index contributed by atoms with van der Waals surface area (Å²) in [6, 6.07) is 2.21. The van der Waals surface area contributed by atoms with Crippen molar-refractivity contribution in [1.82, 2.24) is 0 Å². The van der Waals surface area contributed by atoms with Crippen molar-refractivity contribution in [1.29, 1.82) is 5.26 Å². The van der Waals surface area contributed by atoms with E-state index < -0.39 is 8.32 Å². The summed E-state index contributed by atoms with van der Waals surface area (Å²) in [6.45, 7) is 12.6. The van der Waals surface area contributed by atoms with E-state index in [2.05, 4.69) is 52.6 Å². The molecule has 0 N–H and O–H groups in total. The van der Waals surface area contributed by atoms with E-state index in [0.29, 0.717) is 0 Å². The van der Waals surface area contributed by atoms with Crippen LogP contribution in [0.2, 0.25) is 19.6 Å². The molecule has 0 aromatic carbocycles. The predicted molar refractivity (Wildman–Crippen MR) is 76.3 cm³/mol. The van der Waals surface area contributed by atoms with E-state index >= 15 is 0 Å². The Bertz CT molecular complexity index is 327. The van der Waals surface area contributed by atoms with Crippen molar-refractivity contribution >= 4 is 8.32 Å². The lowest BCUT2D eigenvalue weighted by molar-refractivity contribution is 0.294. The van der Waals surface area contributed by atoms with Gasteiger partial charge in [-0.25, -0.2) is 0 Å². The maximum absolute atomic E-state index is 9.04. The van der Waals surface area contributed by atoms with Crippen molar-refractivity contribution in [2.24, 2.45) is 0 Å². The van der Waals surface area contributed by atoms with Crippen molar-refractivity contribution in [2.45, 2.75) is 59.4 Å². The number of hydrogen-bond acceptors (Lipinski definition) is 2. The Balaban J connectivity index is 4.34. The van der Waals surface area contributed by atoms with Crippen LogP contribution in [-0.2, 0) is 4.43 Å². The number of hydrogen-bond donors (Lipinski definition) is 0. The first kappa shape index (κ1) is 16.1. The average molecular weight is 251 g/mol. The molecular weight excluding hydrogens is 226 g/mol. The SMILES string of the molecule is CC(C)=CCCC(C)=CC(C#N)O[Si](C)(C)C. The molecule has 0 spiro atoms. The second-order valence-corrected chi connectivity index (χ2v) is 10.1. The van der Waals surface area contributed by atoms with Gasteiger partial charge in [-0.1, -0.05) is 17.2 Å². The minimum absolute atomic E-state index is 0.381. The zero-order valence-corrected chi connectivity index (χ0v) is 13.0. The van der Waals surface area contributed by atoms with Gasteiger partial charge in [-0.15, -0.1) is 0 Å². The van der Waals surface area contributed by atoms with Crippen LogP contribution >= 0.6 is 0 Å². The lowest BCUT2D eigenvalue weighted by Gasteiger charge is -2.20. The molecule has 3 heteroatoms. The van der Waals surface area contributed by atoms with Crippen LogP contribution < -0.4 is 0 Å².